The highest BCUT2D eigenvalue weighted by atomic mass is 19.1. The van der Waals surface area contributed by atoms with Crippen LogP contribution in [0.25, 0.3) is 0 Å². The summed E-state index contributed by atoms with van der Waals surface area (Å²) in [7, 11) is 0. The summed E-state index contributed by atoms with van der Waals surface area (Å²) in [4.78, 5) is 14.2. The van der Waals surface area contributed by atoms with Gasteiger partial charge in [-0.1, -0.05) is 12.1 Å². The molecule has 1 saturated heterocycles. The van der Waals surface area contributed by atoms with Gasteiger partial charge < -0.3 is 10.2 Å². The lowest BCUT2D eigenvalue weighted by atomic mass is 10.0. The zero-order chi connectivity index (χ0) is 13.2. The van der Waals surface area contributed by atoms with Crippen LogP contribution in [-0.4, -0.2) is 29.4 Å². The summed E-state index contributed by atoms with van der Waals surface area (Å²) in [6.07, 6.45) is 4.32. The van der Waals surface area contributed by atoms with E-state index in [1.54, 1.807) is 6.07 Å². The first kappa shape index (κ1) is 12.6. The highest BCUT2D eigenvalue weighted by Gasteiger charge is 2.33. The van der Waals surface area contributed by atoms with Gasteiger partial charge in [-0.3, -0.25) is 4.79 Å². The molecule has 4 heteroatoms. The van der Waals surface area contributed by atoms with Crippen molar-refractivity contribution >= 4 is 5.91 Å². The van der Waals surface area contributed by atoms with Gasteiger partial charge in [0.2, 0.25) is 5.91 Å². The largest absolute Gasteiger partial charge is 0.337 e. The van der Waals surface area contributed by atoms with Crippen molar-refractivity contribution in [1.82, 2.24) is 10.2 Å². The number of amides is 1. The maximum Gasteiger partial charge on any atom is 0.240 e. The molecule has 1 atom stereocenters. The number of likely N-dealkylation sites (tertiary alicyclic amines) is 1. The van der Waals surface area contributed by atoms with Crippen LogP contribution in [0, 0.1) is 5.82 Å². The molecule has 1 N–H and O–H groups in total. The third-order valence-electron chi connectivity index (χ3n) is 3.81. The fourth-order valence-corrected chi connectivity index (χ4v) is 2.64. The number of nitrogens with zero attached hydrogens (tertiary/aromatic N) is 1. The molecule has 1 aromatic carbocycles. The summed E-state index contributed by atoms with van der Waals surface area (Å²) in [5, 5.41) is 3.40. The molecule has 102 valence electrons. The second kappa shape index (κ2) is 5.29. The van der Waals surface area contributed by atoms with Crippen LogP contribution in [0.2, 0.25) is 0 Å². The monoisotopic (exact) mass is 262 g/mol. The van der Waals surface area contributed by atoms with Gasteiger partial charge in [0, 0.05) is 19.1 Å². The van der Waals surface area contributed by atoms with Crippen molar-refractivity contribution in [1.29, 1.82) is 0 Å². The summed E-state index contributed by atoms with van der Waals surface area (Å²) < 4.78 is 13.2. The van der Waals surface area contributed by atoms with Crippen LogP contribution in [-0.2, 0) is 11.3 Å². The Morgan fingerprint density at radius 1 is 1.32 bits per heavy atom. The molecule has 0 spiro atoms. The van der Waals surface area contributed by atoms with Crippen LogP contribution in [0.1, 0.15) is 31.2 Å². The summed E-state index contributed by atoms with van der Waals surface area (Å²) in [5.74, 6) is -0.0722. The molecule has 1 saturated carbocycles. The third kappa shape index (κ3) is 3.13. The van der Waals surface area contributed by atoms with Crippen molar-refractivity contribution in [2.24, 2.45) is 0 Å². The van der Waals surface area contributed by atoms with Crippen LogP contribution < -0.4 is 5.32 Å². The number of benzene rings is 1. The average molecular weight is 262 g/mol. The molecule has 1 amide bonds. The molecule has 1 heterocycles. The zero-order valence-corrected chi connectivity index (χ0v) is 10.9. The topological polar surface area (TPSA) is 32.3 Å². The van der Waals surface area contributed by atoms with Gasteiger partial charge in [-0.2, -0.15) is 0 Å². The minimum Gasteiger partial charge on any atom is -0.337 e. The molecule has 0 bridgehead atoms. The van der Waals surface area contributed by atoms with Gasteiger partial charge in [-0.15, -0.1) is 0 Å². The Kier molecular flexibility index (Phi) is 3.51. The number of rotatable bonds is 4. The van der Waals surface area contributed by atoms with Gasteiger partial charge >= 0.3 is 0 Å². The minimum atomic E-state index is -0.241. The van der Waals surface area contributed by atoms with Crippen molar-refractivity contribution in [3.63, 3.8) is 0 Å². The maximum atomic E-state index is 13.2. The molecule has 2 aliphatic rings. The first-order chi connectivity index (χ1) is 9.22. The number of halogens is 1. The Hall–Kier alpha value is -1.42. The fourth-order valence-electron chi connectivity index (χ4n) is 2.64. The molecule has 0 aromatic heterocycles. The Bertz CT molecular complexity index is 473. The van der Waals surface area contributed by atoms with E-state index in [2.05, 4.69) is 5.32 Å². The summed E-state index contributed by atoms with van der Waals surface area (Å²) in [6.45, 7) is 1.29. The molecular formula is C15H19FN2O. The van der Waals surface area contributed by atoms with E-state index in [1.807, 2.05) is 11.0 Å². The van der Waals surface area contributed by atoms with Gasteiger partial charge in [0.25, 0.3) is 0 Å². The van der Waals surface area contributed by atoms with Gasteiger partial charge in [0.15, 0.2) is 0 Å². The number of piperidine rings is 1. The predicted octanol–water partition coefficient (Wildman–Crippen LogP) is 2.07. The standard InChI is InChI=1S/C15H19FN2O/c16-12-4-1-3-11(9-12)10-18-8-2-5-14(15(18)19)17-13-6-7-13/h1,3-4,9,13-14,17H,2,5-8,10H2. The van der Waals surface area contributed by atoms with Crippen LogP contribution in [0.5, 0.6) is 0 Å². The highest BCUT2D eigenvalue weighted by molar-refractivity contribution is 5.82. The number of hydrogen-bond acceptors (Lipinski definition) is 2. The van der Waals surface area contributed by atoms with Gasteiger partial charge in [0.1, 0.15) is 5.82 Å². The average Bonchev–Trinajstić information content (AvgIpc) is 3.18. The number of nitrogens with one attached hydrogen (secondary N) is 1. The SMILES string of the molecule is O=C1C(NC2CC2)CCCN1Cc1cccc(F)c1. The predicted molar refractivity (Wildman–Crippen MR) is 71.0 cm³/mol. The van der Waals surface area contributed by atoms with Crippen LogP contribution in [0.3, 0.4) is 0 Å². The first-order valence-electron chi connectivity index (χ1n) is 7.01. The highest BCUT2D eigenvalue weighted by Crippen LogP contribution is 2.23. The smallest absolute Gasteiger partial charge is 0.240 e. The van der Waals surface area contributed by atoms with E-state index in [-0.39, 0.29) is 17.8 Å². The van der Waals surface area contributed by atoms with Gasteiger partial charge in [-0.25, -0.2) is 4.39 Å². The normalized spacial score (nSPS) is 23.7. The van der Waals surface area contributed by atoms with E-state index in [9.17, 15) is 9.18 Å². The van der Waals surface area contributed by atoms with Crippen molar-refractivity contribution in [2.75, 3.05) is 6.54 Å². The van der Waals surface area contributed by atoms with Crippen LogP contribution >= 0.6 is 0 Å². The van der Waals surface area contributed by atoms with Crippen molar-refractivity contribution < 1.29 is 9.18 Å². The molecule has 0 radical (unpaired) electrons. The lowest BCUT2D eigenvalue weighted by Gasteiger charge is -2.33. The molecule has 1 aliphatic carbocycles. The van der Waals surface area contributed by atoms with Gasteiger partial charge in [-0.05, 0) is 43.4 Å². The van der Waals surface area contributed by atoms with Crippen molar-refractivity contribution in [3.05, 3.63) is 35.6 Å². The quantitative estimate of drug-likeness (QED) is 0.901. The Labute approximate surface area is 112 Å². The molecule has 3 nitrogen and oxygen atoms in total. The van der Waals surface area contributed by atoms with E-state index in [0.717, 1.165) is 24.9 Å². The number of hydrogen-bond donors (Lipinski definition) is 1. The molecule has 1 unspecified atom stereocenters. The summed E-state index contributed by atoms with van der Waals surface area (Å²) >= 11 is 0. The Morgan fingerprint density at radius 2 is 2.16 bits per heavy atom. The molecule has 3 rings (SSSR count). The molecule has 1 aromatic rings. The fraction of sp³-hybridized carbons (Fsp3) is 0.533. The zero-order valence-electron chi connectivity index (χ0n) is 10.9. The van der Waals surface area contributed by atoms with Crippen molar-refractivity contribution in [3.8, 4) is 0 Å². The second-order valence-electron chi connectivity index (χ2n) is 5.53. The van der Waals surface area contributed by atoms with E-state index in [1.165, 1.54) is 25.0 Å². The number of carbonyl (C=O) groups excluding carboxylic acids is 1. The Morgan fingerprint density at radius 3 is 2.89 bits per heavy atom. The summed E-state index contributed by atoms with van der Waals surface area (Å²) in [5.41, 5.74) is 0.862. The second-order valence-corrected chi connectivity index (χ2v) is 5.53. The van der Waals surface area contributed by atoms with E-state index in [4.69, 9.17) is 0 Å². The lowest BCUT2D eigenvalue weighted by molar-refractivity contribution is -0.136. The Balaban J connectivity index is 1.64. The van der Waals surface area contributed by atoms with E-state index in [0.29, 0.717) is 12.6 Å². The molecule has 2 fully saturated rings. The van der Waals surface area contributed by atoms with Gasteiger partial charge in [0.05, 0.1) is 6.04 Å². The lowest BCUT2D eigenvalue weighted by Crippen LogP contribution is -2.50. The first-order valence-corrected chi connectivity index (χ1v) is 7.01. The van der Waals surface area contributed by atoms with Crippen molar-refractivity contribution in [2.45, 2.75) is 44.3 Å². The van der Waals surface area contributed by atoms with Crippen LogP contribution in [0.15, 0.2) is 24.3 Å². The molecule has 19 heavy (non-hydrogen) atoms. The third-order valence-corrected chi connectivity index (χ3v) is 3.81. The summed E-state index contributed by atoms with van der Waals surface area (Å²) in [6, 6.07) is 7.01. The number of carbonyl (C=O) groups is 1. The maximum absolute atomic E-state index is 13.2. The molecular weight excluding hydrogens is 243 g/mol. The van der Waals surface area contributed by atoms with Crippen LogP contribution in [0.4, 0.5) is 4.39 Å². The van der Waals surface area contributed by atoms with E-state index < -0.39 is 0 Å². The van der Waals surface area contributed by atoms with E-state index >= 15 is 0 Å². The minimum absolute atomic E-state index is 0.0326. The molecule has 1 aliphatic heterocycles.